The molecular weight excluding hydrogens is 304 g/mol. The molecule has 2 aromatic heterocycles. The molecule has 3 rings (SSSR count). The number of carbonyl (C=O) groups is 2. The van der Waals surface area contributed by atoms with Crippen LogP contribution in [-0.2, 0) is 11.3 Å². The summed E-state index contributed by atoms with van der Waals surface area (Å²) in [6.45, 7) is 5.89. The molecule has 0 radical (unpaired) electrons. The highest BCUT2D eigenvalue weighted by Gasteiger charge is 2.47. The van der Waals surface area contributed by atoms with Crippen molar-refractivity contribution in [1.29, 1.82) is 5.26 Å². The van der Waals surface area contributed by atoms with E-state index in [-0.39, 0.29) is 18.4 Å². The van der Waals surface area contributed by atoms with Gasteiger partial charge in [-0.05, 0) is 31.4 Å². The van der Waals surface area contributed by atoms with E-state index in [0.717, 1.165) is 5.52 Å². The average molecular weight is 324 g/mol. The molecule has 1 atom stereocenters. The molecule has 0 aliphatic carbocycles. The number of urea groups is 1. The van der Waals surface area contributed by atoms with Gasteiger partial charge in [0.05, 0.1) is 17.6 Å². The molecule has 1 aliphatic rings. The van der Waals surface area contributed by atoms with Crippen LogP contribution in [0.1, 0.15) is 38.3 Å². The van der Waals surface area contributed by atoms with Crippen molar-refractivity contribution in [3.05, 3.63) is 41.7 Å². The lowest BCUT2D eigenvalue weighted by atomic mass is 9.91. The molecule has 1 N–H and O–H groups in total. The highest BCUT2D eigenvalue weighted by atomic mass is 16.2. The maximum Gasteiger partial charge on any atom is 0.325 e. The molecular formula is C18H20N4O2. The van der Waals surface area contributed by atoms with Gasteiger partial charge >= 0.3 is 6.03 Å². The number of pyridine rings is 1. The molecule has 1 aliphatic heterocycles. The van der Waals surface area contributed by atoms with Crippen molar-refractivity contribution in [3.63, 3.8) is 0 Å². The third-order valence-corrected chi connectivity index (χ3v) is 4.36. The first-order valence-electron chi connectivity index (χ1n) is 7.98. The predicted octanol–water partition coefficient (Wildman–Crippen LogP) is 2.67. The molecule has 2 aromatic rings. The number of fused-ring (bicyclic) bond motifs is 1. The largest absolute Gasteiger partial charge is 0.325 e. The normalized spacial score (nSPS) is 20.7. The molecule has 24 heavy (non-hydrogen) atoms. The number of carbonyl (C=O) groups excluding carboxylic acids is 2. The standard InChI is InChI=1S/C18H20N4O2/c1-12(2)8-18(3)16(23)22(17(24)20-18)11-13-10-21-7-5-4-6-15(21)14(13)9-19/h4-7,10,12H,8,11H2,1-3H3,(H,20,24)/t18-/m0/s1. The van der Waals surface area contributed by atoms with Gasteiger partial charge in [0.25, 0.3) is 5.91 Å². The Hall–Kier alpha value is -2.81. The second kappa shape index (κ2) is 5.68. The van der Waals surface area contributed by atoms with Gasteiger partial charge in [-0.1, -0.05) is 19.9 Å². The van der Waals surface area contributed by atoms with Crippen LogP contribution < -0.4 is 5.32 Å². The minimum absolute atomic E-state index is 0.100. The van der Waals surface area contributed by atoms with Gasteiger partial charge in [-0.3, -0.25) is 9.69 Å². The first-order chi connectivity index (χ1) is 11.4. The van der Waals surface area contributed by atoms with E-state index in [2.05, 4.69) is 11.4 Å². The Labute approximate surface area is 140 Å². The van der Waals surface area contributed by atoms with E-state index < -0.39 is 11.6 Å². The summed E-state index contributed by atoms with van der Waals surface area (Å²) in [5.41, 5.74) is 1.05. The molecule has 0 unspecified atom stereocenters. The fraction of sp³-hybridized carbons (Fsp3) is 0.389. The molecule has 0 spiro atoms. The van der Waals surface area contributed by atoms with E-state index in [9.17, 15) is 14.9 Å². The molecule has 124 valence electrons. The Morgan fingerprint density at radius 3 is 2.75 bits per heavy atom. The monoisotopic (exact) mass is 324 g/mol. The molecule has 1 fully saturated rings. The number of nitriles is 1. The number of amides is 3. The van der Waals surface area contributed by atoms with Gasteiger partial charge < -0.3 is 9.72 Å². The van der Waals surface area contributed by atoms with Gasteiger partial charge in [-0.15, -0.1) is 0 Å². The molecule has 6 heteroatoms. The lowest BCUT2D eigenvalue weighted by Gasteiger charge is -2.23. The van der Waals surface area contributed by atoms with Gasteiger partial charge in [-0.25, -0.2) is 4.79 Å². The number of hydrogen-bond donors (Lipinski definition) is 1. The maximum absolute atomic E-state index is 12.7. The molecule has 3 amide bonds. The molecule has 6 nitrogen and oxygen atoms in total. The zero-order chi connectivity index (χ0) is 17.5. The number of nitrogens with one attached hydrogen (secondary N) is 1. The minimum Gasteiger partial charge on any atom is -0.323 e. The molecule has 0 bridgehead atoms. The van der Waals surface area contributed by atoms with Crippen molar-refractivity contribution in [1.82, 2.24) is 14.6 Å². The second-order valence-electron chi connectivity index (χ2n) is 6.89. The fourth-order valence-electron chi connectivity index (χ4n) is 3.44. The number of imide groups is 1. The summed E-state index contributed by atoms with van der Waals surface area (Å²) in [6, 6.07) is 7.35. The smallest absolute Gasteiger partial charge is 0.323 e. The van der Waals surface area contributed by atoms with Crippen molar-refractivity contribution in [2.45, 2.75) is 39.3 Å². The topological polar surface area (TPSA) is 77.6 Å². The number of nitrogens with zero attached hydrogens (tertiary/aromatic N) is 3. The molecule has 0 aromatic carbocycles. The Kier molecular flexibility index (Phi) is 3.80. The van der Waals surface area contributed by atoms with E-state index >= 15 is 0 Å². The van der Waals surface area contributed by atoms with E-state index in [1.807, 2.05) is 42.6 Å². The van der Waals surface area contributed by atoms with Crippen LogP contribution in [0, 0.1) is 17.2 Å². The number of rotatable bonds is 4. The Morgan fingerprint density at radius 2 is 2.08 bits per heavy atom. The number of hydrogen-bond acceptors (Lipinski definition) is 3. The Morgan fingerprint density at radius 1 is 1.33 bits per heavy atom. The Balaban J connectivity index is 1.93. The van der Waals surface area contributed by atoms with E-state index in [0.29, 0.717) is 17.5 Å². The van der Waals surface area contributed by atoms with Gasteiger partial charge in [0.15, 0.2) is 0 Å². The van der Waals surface area contributed by atoms with Gasteiger partial charge in [0.2, 0.25) is 0 Å². The van der Waals surface area contributed by atoms with Crippen LogP contribution in [0.2, 0.25) is 0 Å². The SMILES string of the molecule is CC(C)C[C@]1(C)NC(=O)N(Cc2cn3ccccc3c2C#N)C1=O. The van der Waals surface area contributed by atoms with Crippen LogP contribution in [0.4, 0.5) is 4.79 Å². The van der Waals surface area contributed by atoms with Crippen LogP contribution >= 0.6 is 0 Å². The van der Waals surface area contributed by atoms with Crippen molar-refractivity contribution >= 4 is 17.5 Å². The van der Waals surface area contributed by atoms with E-state index in [4.69, 9.17) is 0 Å². The zero-order valence-corrected chi connectivity index (χ0v) is 14.0. The van der Waals surface area contributed by atoms with Crippen molar-refractivity contribution < 1.29 is 9.59 Å². The fourth-order valence-corrected chi connectivity index (χ4v) is 3.44. The molecule has 0 saturated carbocycles. The van der Waals surface area contributed by atoms with Gasteiger partial charge in [0, 0.05) is 18.0 Å². The summed E-state index contributed by atoms with van der Waals surface area (Å²) in [5.74, 6) is 0.0475. The van der Waals surface area contributed by atoms with Crippen molar-refractivity contribution in [2.24, 2.45) is 5.92 Å². The maximum atomic E-state index is 12.7. The predicted molar refractivity (Wildman–Crippen MR) is 89.1 cm³/mol. The third-order valence-electron chi connectivity index (χ3n) is 4.36. The van der Waals surface area contributed by atoms with Crippen LogP contribution in [0.3, 0.4) is 0 Å². The molecule has 1 saturated heterocycles. The van der Waals surface area contributed by atoms with Crippen LogP contribution in [0.25, 0.3) is 5.52 Å². The van der Waals surface area contributed by atoms with Gasteiger partial charge in [-0.2, -0.15) is 5.26 Å². The summed E-state index contributed by atoms with van der Waals surface area (Å²) in [7, 11) is 0. The average Bonchev–Trinajstić information content (AvgIpc) is 2.96. The van der Waals surface area contributed by atoms with Crippen LogP contribution in [0.15, 0.2) is 30.6 Å². The van der Waals surface area contributed by atoms with Crippen molar-refractivity contribution in [2.75, 3.05) is 0 Å². The lowest BCUT2D eigenvalue weighted by molar-refractivity contribution is -0.131. The quantitative estimate of drug-likeness (QED) is 0.878. The molecule has 3 heterocycles. The van der Waals surface area contributed by atoms with Gasteiger partial charge in [0.1, 0.15) is 11.6 Å². The zero-order valence-electron chi connectivity index (χ0n) is 14.0. The van der Waals surface area contributed by atoms with Crippen LogP contribution in [-0.4, -0.2) is 26.8 Å². The van der Waals surface area contributed by atoms with Crippen LogP contribution in [0.5, 0.6) is 0 Å². The second-order valence-corrected chi connectivity index (χ2v) is 6.89. The summed E-state index contributed by atoms with van der Waals surface area (Å²) in [5, 5.41) is 12.3. The van der Waals surface area contributed by atoms with Crippen molar-refractivity contribution in [3.8, 4) is 6.07 Å². The van der Waals surface area contributed by atoms with E-state index in [1.54, 1.807) is 13.1 Å². The minimum atomic E-state index is -0.878. The highest BCUT2D eigenvalue weighted by Crippen LogP contribution is 2.27. The first-order valence-corrected chi connectivity index (χ1v) is 7.98. The van der Waals surface area contributed by atoms with E-state index in [1.165, 1.54) is 4.90 Å². The summed E-state index contributed by atoms with van der Waals surface area (Å²) in [4.78, 5) is 26.3. The summed E-state index contributed by atoms with van der Waals surface area (Å²) < 4.78 is 1.83. The number of aromatic nitrogens is 1. The highest BCUT2D eigenvalue weighted by molar-refractivity contribution is 6.06. The lowest BCUT2D eigenvalue weighted by Crippen LogP contribution is -2.44. The summed E-state index contributed by atoms with van der Waals surface area (Å²) in [6.07, 6.45) is 4.22. The Bertz CT molecular complexity index is 862. The third kappa shape index (κ3) is 2.52. The first kappa shape index (κ1) is 16.1. The summed E-state index contributed by atoms with van der Waals surface area (Å²) >= 11 is 0.